The lowest BCUT2D eigenvalue weighted by molar-refractivity contribution is -0.143. The van der Waals surface area contributed by atoms with Crippen molar-refractivity contribution in [3.8, 4) is 11.5 Å². The van der Waals surface area contributed by atoms with Gasteiger partial charge in [-0.25, -0.2) is 0 Å². The summed E-state index contributed by atoms with van der Waals surface area (Å²) in [6.45, 7) is 3.68. The molecule has 0 spiro atoms. The van der Waals surface area contributed by atoms with Gasteiger partial charge in [0.15, 0.2) is 16.7 Å². The smallest absolute Gasteiger partial charge is 0.416 e. The van der Waals surface area contributed by atoms with Crippen LogP contribution in [0.15, 0.2) is 76.6 Å². The second-order valence-electron chi connectivity index (χ2n) is 11.1. The molecular weight excluding hydrogens is 644 g/mol. The molecule has 6 nitrogen and oxygen atoms in total. The molecular formula is C34H33F6N3O3S. The summed E-state index contributed by atoms with van der Waals surface area (Å²) in [7, 11) is 1.35. The molecule has 47 heavy (non-hydrogen) atoms. The van der Waals surface area contributed by atoms with E-state index in [-0.39, 0.29) is 23.5 Å². The lowest BCUT2D eigenvalue weighted by atomic mass is 10.0. The van der Waals surface area contributed by atoms with Crippen molar-refractivity contribution >= 4 is 28.9 Å². The van der Waals surface area contributed by atoms with Crippen LogP contribution in [0.25, 0.3) is 6.08 Å². The first kappa shape index (κ1) is 34.4. The second-order valence-corrected chi connectivity index (χ2v) is 12.2. The van der Waals surface area contributed by atoms with Crippen molar-refractivity contribution in [2.24, 2.45) is 4.99 Å². The number of hydrogen-bond donors (Lipinski definition) is 0. The van der Waals surface area contributed by atoms with E-state index in [0.29, 0.717) is 21.7 Å². The Morgan fingerprint density at radius 1 is 0.872 bits per heavy atom. The number of carbonyl (C=O) groups is 1. The first-order valence-corrected chi connectivity index (χ1v) is 15.8. The summed E-state index contributed by atoms with van der Waals surface area (Å²) in [5.74, 6) is -0.103. The van der Waals surface area contributed by atoms with E-state index in [2.05, 4.69) is 39.1 Å². The number of hydrogen-bond acceptors (Lipinski definition) is 6. The van der Waals surface area contributed by atoms with E-state index in [4.69, 9.17) is 9.47 Å². The molecule has 0 aliphatic carbocycles. The van der Waals surface area contributed by atoms with Gasteiger partial charge in [-0.3, -0.25) is 9.69 Å². The fraction of sp³-hybridized carbons (Fsp3) is 0.353. The third-order valence-corrected chi connectivity index (χ3v) is 8.94. The Morgan fingerprint density at radius 2 is 1.62 bits per heavy atom. The van der Waals surface area contributed by atoms with Gasteiger partial charge in [-0.15, -0.1) is 0 Å². The Hall–Kier alpha value is -3.97. The average molecular weight is 678 g/mol. The van der Waals surface area contributed by atoms with E-state index >= 15 is 0 Å². The number of unbranched alkanes of at least 4 members (excludes halogenated alkanes) is 1. The zero-order valence-electron chi connectivity index (χ0n) is 25.5. The summed E-state index contributed by atoms with van der Waals surface area (Å²) in [5.41, 5.74) is -1.36. The van der Waals surface area contributed by atoms with Crippen LogP contribution in [-0.4, -0.2) is 60.7 Å². The molecule has 250 valence electrons. The Labute approximate surface area is 273 Å². The Kier molecular flexibility index (Phi) is 10.9. The van der Waals surface area contributed by atoms with E-state index in [1.54, 1.807) is 18.2 Å². The van der Waals surface area contributed by atoms with Gasteiger partial charge in [-0.1, -0.05) is 42.5 Å². The predicted molar refractivity (Wildman–Crippen MR) is 169 cm³/mol. The van der Waals surface area contributed by atoms with E-state index in [9.17, 15) is 31.1 Å². The van der Waals surface area contributed by atoms with E-state index in [1.807, 2.05) is 6.07 Å². The number of aryl methyl sites for hydroxylation is 1. The number of thioether (sulfide) groups is 1. The van der Waals surface area contributed by atoms with Gasteiger partial charge in [-0.2, -0.15) is 31.3 Å². The molecule has 0 atom stereocenters. The summed E-state index contributed by atoms with van der Waals surface area (Å²) in [5, 5.41) is 0.647. The molecule has 3 aromatic rings. The van der Waals surface area contributed by atoms with Crippen molar-refractivity contribution in [2.75, 3.05) is 39.8 Å². The van der Waals surface area contributed by atoms with Crippen LogP contribution < -0.4 is 9.47 Å². The van der Waals surface area contributed by atoms with Crippen molar-refractivity contribution in [2.45, 2.75) is 38.2 Å². The molecule has 2 aliphatic rings. The molecule has 2 heterocycles. The van der Waals surface area contributed by atoms with Crippen molar-refractivity contribution in [1.82, 2.24) is 9.80 Å². The standard InChI is InChI=1S/C34H33F6N3O3S/c1-45-29-19-24(10-13-28(29)46-22-25-11-12-26(33(35,36)37)21-27(25)34(38,39)40)20-30-31(44)41-32(47-30)43-17-15-42(16-18-43)14-6-5-9-23-7-3-2-4-8-23/h2-4,7-8,10-13,19-21H,5-6,9,14-18,22H2,1H3/b30-20+. The number of nitrogens with zero attached hydrogens (tertiary/aromatic N) is 3. The lowest BCUT2D eigenvalue weighted by Gasteiger charge is -2.35. The predicted octanol–water partition coefficient (Wildman–Crippen LogP) is 7.92. The number of ether oxygens (including phenoxy) is 2. The molecule has 1 fully saturated rings. The van der Waals surface area contributed by atoms with Crippen LogP contribution in [0.5, 0.6) is 11.5 Å². The van der Waals surface area contributed by atoms with Gasteiger partial charge in [-0.05, 0) is 79.0 Å². The highest BCUT2D eigenvalue weighted by molar-refractivity contribution is 8.18. The quantitative estimate of drug-likeness (QED) is 0.124. The third kappa shape index (κ3) is 9.10. The number of methoxy groups -OCH3 is 1. The molecule has 0 saturated carbocycles. The van der Waals surface area contributed by atoms with Crippen molar-refractivity contribution < 1.29 is 40.6 Å². The van der Waals surface area contributed by atoms with Crippen LogP contribution in [0.2, 0.25) is 0 Å². The van der Waals surface area contributed by atoms with Crippen LogP contribution in [-0.2, 0) is 30.2 Å². The van der Waals surface area contributed by atoms with E-state index in [1.165, 1.54) is 30.5 Å². The fourth-order valence-electron chi connectivity index (χ4n) is 5.35. The molecule has 13 heteroatoms. The number of amides is 1. The summed E-state index contributed by atoms with van der Waals surface area (Å²) in [6, 6.07) is 16.5. The Morgan fingerprint density at radius 3 is 2.30 bits per heavy atom. The van der Waals surface area contributed by atoms with E-state index < -0.39 is 35.6 Å². The van der Waals surface area contributed by atoms with Gasteiger partial charge in [0.2, 0.25) is 0 Å². The number of alkyl halides is 6. The summed E-state index contributed by atoms with van der Waals surface area (Å²) in [6.07, 6.45) is -4.97. The highest BCUT2D eigenvalue weighted by atomic mass is 32.2. The molecule has 1 amide bonds. The number of aliphatic imine (C=N–C) groups is 1. The maximum Gasteiger partial charge on any atom is 0.416 e. The minimum atomic E-state index is -5.01. The first-order chi connectivity index (χ1) is 22.4. The maximum atomic E-state index is 13.5. The minimum absolute atomic E-state index is 0.0754. The van der Waals surface area contributed by atoms with Crippen molar-refractivity contribution in [3.63, 3.8) is 0 Å². The molecule has 0 N–H and O–H groups in total. The normalized spacial score (nSPS) is 16.9. The number of rotatable bonds is 10. The zero-order chi connectivity index (χ0) is 33.6. The van der Waals surface area contributed by atoms with Crippen LogP contribution in [0, 0.1) is 0 Å². The largest absolute Gasteiger partial charge is 0.493 e. The number of halogens is 6. The Balaban J connectivity index is 1.15. The zero-order valence-corrected chi connectivity index (χ0v) is 26.4. The van der Waals surface area contributed by atoms with Crippen LogP contribution >= 0.6 is 11.8 Å². The molecule has 0 bridgehead atoms. The van der Waals surface area contributed by atoms with Gasteiger partial charge in [0.05, 0.1) is 23.1 Å². The lowest BCUT2D eigenvalue weighted by Crippen LogP contribution is -2.47. The number of amidine groups is 1. The van der Waals surface area contributed by atoms with Gasteiger partial charge < -0.3 is 14.4 Å². The first-order valence-electron chi connectivity index (χ1n) is 15.0. The van der Waals surface area contributed by atoms with Crippen molar-refractivity contribution in [1.29, 1.82) is 0 Å². The molecule has 0 unspecified atom stereocenters. The average Bonchev–Trinajstić information content (AvgIpc) is 3.41. The van der Waals surface area contributed by atoms with Crippen molar-refractivity contribution in [3.05, 3.63) is 99.5 Å². The van der Waals surface area contributed by atoms with E-state index in [0.717, 1.165) is 58.1 Å². The number of benzene rings is 3. The topological polar surface area (TPSA) is 54.4 Å². The summed E-state index contributed by atoms with van der Waals surface area (Å²) < 4.78 is 90.5. The molecule has 5 rings (SSSR count). The highest BCUT2D eigenvalue weighted by Gasteiger charge is 2.38. The van der Waals surface area contributed by atoms with Gasteiger partial charge >= 0.3 is 12.4 Å². The minimum Gasteiger partial charge on any atom is -0.493 e. The molecule has 0 aromatic heterocycles. The van der Waals surface area contributed by atoms with Gasteiger partial charge in [0, 0.05) is 31.7 Å². The number of carbonyl (C=O) groups excluding carboxylic acids is 1. The highest BCUT2D eigenvalue weighted by Crippen LogP contribution is 2.39. The number of piperazine rings is 1. The van der Waals surface area contributed by atoms with Gasteiger partial charge in [0.25, 0.3) is 5.91 Å². The van der Waals surface area contributed by atoms with Crippen LogP contribution in [0.4, 0.5) is 26.3 Å². The maximum absolute atomic E-state index is 13.5. The van der Waals surface area contributed by atoms with Gasteiger partial charge in [0.1, 0.15) is 6.61 Å². The summed E-state index contributed by atoms with van der Waals surface area (Å²) in [4.78, 5) is 21.9. The molecule has 2 aliphatic heterocycles. The summed E-state index contributed by atoms with van der Waals surface area (Å²) >= 11 is 1.28. The van der Waals surface area contributed by atoms with Crippen LogP contribution in [0.1, 0.15) is 40.7 Å². The monoisotopic (exact) mass is 677 g/mol. The second kappa shape index (κ2) is 14.8. The SMILES string of the molecule is COc1cc(/C=C2/SC(N3CCN(CCCCc4ccccc4)CC3)=NC2=O)ccc1OCc1ccc(C(F)(F)F)cc1C(F)(F)F. The molecule has 1 saturated heterocycles. The van der Waals surface area contributed by atoms with Crippen LogP contribution in [0.3, 0.4) is 0 Å². The molecule has 0 radical (unpaired) electrons. The Bertz CT molecular complexity index is 1620. The molecule has 3 aromatic carbocycles. The fourth-order valence-corrected chi connectivity index (χ4v) is 6.31. The third-order valence-electron chi connectivity index (χ3n) is 7.90.